The first-order chi connectivity index (χ1) is 26.2. The zero-order chi connectivity index (χ0) is 37.3. The summed E-state index contributed by atoms with van der Waals surface area (Å²) in [6.45, 7) is 3.94. The zero-order valence-electron chi connectivity index (χ0n) is 29.3. The van der Waals surface area contributed by atoms with E-state index in [0.717, 1.165) is 44.2 Å². The molecule has 0 saturated heterocycles. The maximum Gasteiger partial charge on any atom is 0.256 e. The first kappa shape index (κ1) is 34.7. The summed E-state index contributed by atoms with van der Waals surface area (Å²) in [4.78, 5) is 37.3. The summed E-state index contributed by atoms with van der Waals surface area (Å²) >= 11 is 13.0. The number of fused-ring (bicyclic) bond motifs is 2. The number of pyridine rings is 2. The maximum atomic E-state index is 13.8. The van der Waals surface area contributed by atoms with E-state index in [4.69, 9.17) is 33.2 Å². The third kappa shape index (κ3) is 6.81. The van der Waals surface area contributed by atoms with Crippen LogP contribution in [0, 0.1) is 13.8 Å². The van der Waals surface area contributed by atoms with Crippen LogP contribution in [0.1, 0.15) is 31.8 Å². The second-order valence-electron chi connectivity index (χ2n) is 13.1. The largest absolute Gasteiger partial charge is 0.322 e. The number of anilines is 2. The zero-order valence-corrected chi connectivity index (χ0v) is 30.8. The van der Waals surface area contributed by atoms with Gasteiger partial charge in [-0.25, -0.2) is 9.97 Å². The van der Waals surface area contributed by atoms with Gasteiger partial charge in [0, 0.05) is 43.3 Å². The predicted octanol–water partition coefficient (Wildman–Crippen LogP) is 12.2. The fourth-order valence-electron chi connectivity index (χ4n) is 6.69. The molecule has 2 N–H and O–H groups in total. The number of aromatic nitrogens is 2. The lowest BCUT2D eigenvalue weighted by atomic mass is 9.99. The molecule has 0 bridgehead atoms. The summed E-state index contributed by atoms with van der Waals surface area (Å²) in [5, 5.41) is 8.87. The van der Waals surface area contributed by atoms with Crippen molar-refractivity contribution in [2.24, 2.45) is 0 Å². The van der Waals surface area contributed by atoms with E-state index in [1.54, 1.807) is 12.1 Å². The molecule has 6 aromatic carbocycles. The summed E-state index contributed by atoms with van der Waals surface area (Å²) in [6.07, 6.45) is 0. The summed E-state index contributed by atoms with van der Waals surface area (Å²) < 4.78 is 0. The molecule has 0 radical (unpaired) electrons. The Kier molecular flexibility index (Phi) is 9.38. The maximum absolute atomic E-state index is 13.8. The van der Waals surface area contributed by atoms with Gasteiger partial charge in [-0.05, 0) is 96.8 Å². The molecule has 0 saturated carbocycles. The minimum Gasteiger partial charge on any atom is -0.322 e. The van der Waals surface area contributed by atoms with Gasteiger partial charge in [-0.15, -0.1) is 0 Å². The number of amides is 2. The van der Waals surface area contributed by atoms with Crippen LogP contribution in [0.25, 0.3) is 55.4 Å². The molecule has 2 aromatic heterocycles. The molecule has 8 heteroatoms. The first-order valence-electron chi connectivity index (χ1n) is 17.4. The van der Waals surface area contributed by atoms with Crippen molar-refractivity contribution in [2.45, 2.75) is 13.8 Å². The molecule has 8 rings (SSSR count). The number of hydrogen-bond acceptors (Lipinski definition) is 4. The van der Waals surface area contributed by atoms with E-state index in [2.05, 4.69) is 10.6 Å². The van der Waals surface area contributed by atoms with E-state index < -0.39 is 0 Å². The Bertz CT molecular complexity index is 2590. The van der Waals surface area contributed by atoms with Gasteiger partial charge in [0.25, 0.3) is 11.8 Å². The molecular formula is C46H32Cl2N4O2. The van der Waals surface area contributed by atoms with Gasteiger partial charge in [-0.3, -0.25) is 9.59 Å². The molecule has 6 nitrogen and oxygen atoms in total. The smallest absolute Gasteiger partial charge is 0.256 e. The Morgan fingerprint density at radius 1 is 0.481 bits per heavy atom. The average Bonchev–Trinajstić information content (AvgIpc) is 3.19. The second-order valence-corrected chi connectivity index (χ2v) is 13.9. The van der Waals surface area contributed by atoms with Crippen molar-refractivity contribution < 1.29 is 9.59 Å². The van der Waals surface area contributed by atoms with Crippen LogP contribution in [0.2, 0.25) is 10.0 Å². The van der Waals surface area contributed by atoms with Gasteiger partial charge in [0.05, 0.1) is 33.5 Å². The molecule has 0 unspecified atom stereocenters. The fraction of sp³-hybridized carbons (Fsp3) is 0.0435. The van der Waals surface area contributed by atoms with Crippen LogP contribution in [-0.2, 0) is 0 Å². The van der Waals surface area contributed by atoms with Gasteiger partial charge in [0.15, 0.2) is 0 Å². The molecule has 0 atom stereocenters. The normalized spacial score (nSPS) is 11.1. The quantitative estimate of drug-likeness (QED) is 0.170. The number of nitrogens with one attached hydrogen (secondary N) is 2. The number of benzene rings is 6. The number of aryl methyl sites for hydroxylation is 2. The molecule has 0 spiro atoms. The molecule has 0 aliphatic carbocycles. The summed E-state index contributed by atoms with van der Waals surface area (Å²) in [7, 11) is 0. The lowest BCUT2D eigenvalue weighted by molar-refractivity contribution is 0.102. The Balaban J connectivity index is 1.04. The number of hydrogen-bond donors (Lipinski definition) is 2. The highest BCUT2D eigenvalue weighted by molar-refractivity contribution is 6.33. The Morgan fingerprint density at radius 3 is 1.28 bits per heavy atom. The van der Waals surface area contributed by atoms with Crippen LogP contribution < -0.4 is 10.6 Å². The first-order valence-corrected chi connectivity index (χ1v) is 18.1. The molecular weight excluding hydrogens is 711 g/mol. The average molecular weight is 744 g/mol. The Labute approximate surface area is 322 Å². The molecule has 54 heavy (non-hydrogen) atoms. The van der Waals surface area contributed by atoms with Crippen molar-refractivity contribution in [3.05, 3.63) is 178 Å². The number of para-hydroxylation sites is 2. The predicted molar refractivity (Wildman–Crippen MR) is 222 cm³/mol. The van der Waals surface area contributed by atoms with E-state index in [1.807, 2.05) is 147 Å². The van der Waals surface area contributed by atoms with Crippen LogP contribution in [0.4, 0.5) is 11.4 Å². The minimum absolute atomic E-state index is 0.241. The van der Waals surface area contributed by atoms with E-state index in [1.165, 1.54) is 0 Å². The van der Waals surface area contributed by atoms with Gasteiger partial charge < -0.3 is 10.6 Å². The minimum atomic E-state index is -0.241. The molecule has 0 aliphatic rings. The van der Waals surface area contributed by atoms with Crippen LogP contribution >= 0.6 is 23.2 Å². The molecule has 8 aromatic rings. The molecule has 2 amide bonds. The van der Waals surface area contributed by atoms with Gasteiger partial charge in [0.1, 0.15) is 0 Å². The van der Waals surface area contributed by atoms with Gasteiger partial charge in [-0.2, -0.15) is 0 Å². The number of carbonyl (C=O) groups is 2. The Morgan fingerprint density at radius 2 is 0.870 bits per heavy atom. The van der Waals surface area contributed by atoms with Crippen LogP contribution in [0.3, 0.4) is 0 Å². The van der Waals surface area contributed by atoms with Crippen molar-refractivity contribution in [3.63, 3.8) is 0 Å². The van der Waals surface area contributed by atoms with Crippen molar-refractivity contribution >= 4 is 68.2 Å². The lowest BCUT2D eigenvalue weighted by Crippen LogP contribution is -2.14. The van der Waals surface area contributed by atoms with E-state index in [0.29, 0.717) is 55.0 Å². The van der Waals surface area contributed by atoms with Crippen molar-refractivity contribution in [2.75, 3.05) is 10.6 Å². The number of rotatable bonds is 7. The number of carbonyl (C=O) groups excluding carboxylic acids is 2. The van der Waals surface area contributed by atoms with E-state index in [9.17, 15) is 9.59 Å². The van der Waals surface area contributed by atoms with Gasteiger partial charge >= 0.3 is 0 Å². The van der Waals surface area contributed by atoms with Crippen molar-refractivity contribution in [1.82, 2.24) is 9.97 Å². The van der Waals surface area contributed by atoms with E-state index >= 15 is 0 Å². The molecule has 262 valence electrons. The second kappa shape index (κ2) is 14.6. The van der Waals surface area contributed by atoms with Crippen LogP contribution in [-0.4, -0.2) is 21.8 Å². The van der Waals surface area contributed by atoms with Gasteiger partial charge in [0.2, 0.25) is 0 Å². The fourth-order valence-corrected chi connectivity index (χ4v) is 7.15. The van der Waals surface area contributed by atoms with Crippen molar-refractivity contribution in [3.8, 4) is 33.6 Å². The van der Waals surface area contributed by atoms with Crippen LogP contribution in [0.15, 0.2) is 146 Å². The highest BCUT2D eigenvalue weighted by Crippen LogP contribution is 2.33. The third-order valence-corrected chi connectivity index (χ3v) is 10.2. The topological polar surface area (TPSA) is 84.0 Å². The Hall–Kier alpha value is -6.34. The summed E-state index contributed by atoms with van der Waals surface area (Å²) in [6, 6.07) is 45.6. The van der Waals surface area contributed by atoms with Crippen molar-refractivity contribution in [1.29, 1.82) is 0 Å². The van der Waals surface area contributed by atoms with Crippen LogP contribution in [0.5, 0.6) is 0 Å². The molecule has 0 aliphatic heterocycles. The summed E-state index contributed by atoms with van der Waals surface area (Å²) in [5.41, 5.74) is 10.4. The number of nitrogens with zero attached hydrogens (tertiary/aromatic N) is 2. The SMILES string of the molecule is Cc1cc(-c2ccc(NC(=O)c3cc(-c4ccccc4Cl)nc4ccccc34)c(C)c2)ccc1NC(=O)c1cc(-c2ccccc2Cl)nc2ccccc12. The lowest BCUT2D eigenvalue weighted by Gasteiger charge is -2.15. The molecule has 0 fully saturated rings. The highest BCUT2D eigenvalue weighted by Gasteiger charge is 2.18. The number of halogens is 2. The monoisotopic (exact) mass is 742 g/mol. The summed E-state index contributed by atoms with van der Waals surface area (Å²) in [5.74, 6) is -0.482. The molecule has 2 heterocycles. The standard InChI is InChI=1S/C46H32Cl2N4O2/c1-27-23-29(19-21-39(27)51-45(53)35-25-43(33-13-3-7-15-37(33)47)49-41-17-9-5-11-31(35)41)30-20-22-40(28(2)24-30)52-46(54)36-26-44(34-14-4-8-16-38(34)48)50-42-18-10-6-12-32(36)42/h3-26H,1-2H3,(H,51,53)(H,52,54). The van der Waals surface area contributed by atoms with E-state index in [-0.39, 0.29) is 11.8 Å². The third-order valence-electron chi connectivity index (χ3n) is 9.50. The highest BCUT2D eigenvalue weighted by atomic mass is 35.5. The van der Waals surface area contributed by atoms with Gasteiger partial charge in [-0.1, -0.05) is 108 Å².